The zero-order valence-electron chi connectivity index (χ0n) is 13.4. The molecule has 1 rings (SSSR count). The van der Waals surface area contributed by atoms with Crippen molar-refractivity contribution in [1.82, 2.24) is 0 Å². The van der Waals surface area contributed by atoms with E-state index >= 15 is 0 Å². The lowest BCUT2D eigenvalue weighted by atomic mass is 10.1. The van der Waals surface area contributed by atoms with Crippen LogP contribution in [0.25, 0.3) is 6.08 Å². The van der Waals surface area contributed by atoms with Gasteiger partial charge in [-0.1, -0.05) is 0 Å². The number of hydrogen-bond donors (Lipinski definition) is 1. The van der Waals surface area contributed by atoms with Gasteiger partial charge < -0.3 is 27.5 Å². The van der Waals surface area contributed by atoms with Crippen LogP contribution in [-0.2, 0) is 13.0 Å². The third-order valence-electron chi connectivity index (χ3n) is 2.38. The number of carbonyl (C=O) groups is 1. The fourth-order valence-electron chi connectivity index (χ4n) is 1.53. The van der Waals surface area contributed by atoms with Gasteiger partial charge in [-0.25, -0.2) is 4.79 Å². The number of ether oxygens (including phenoxy) is 3. The summed E-state index contributed by atoms with van der Waals surface area (Å²) in [6.07, 6.45) is 2.47. The minimum Gasteiger partial charge on any atom is -0.493 e. The lowest BCUT2D eigenvalue weighted by molar-refractivity contribution is -0.131. The molecule has 0 spiro atoms. The van der Waals surface area contributed by atoms with Crippen LogP contribution in [0.4, 0.5) is 0 Å². The van der Waals surface area contributed by atoms with Crippen LogP contribution in [0.1, 0.15) is 5.56 Å². The highest BCUT2D eigenvalue weighted by Gasteiger charge is 2.14. The van der Waals surface area contributed by atoms with Crippen molar-refractivity contribution < 1.29 is 32.3 Å². The summed E-state index contributed by atoms with van der Waals surface area (Å²) in [7, 11) is 5.76. The molecule has 0 fully saturated rings. The molecule has 1 N–H and O–H groups in total. The van der Waals surface area contributed by atoms with Gasteiger partial charge in [-0.05, 0) is 18.2 Å². The fraction of sp³-hybridized carbons (Fsp3) is 0.250. The first-order chi connectivity index (χ1) is 10.5. The highest BCUT2D eigenvalue weighted by Crippen LogP contribution is 2.40. The summed E-state index contributed by atoms with van der Waals surface area (Å²) in [5.41, 5.74) is 0.604. The van der Waals surface area contributed by atoms with Crippen LogP contribution in [-0.4, -0.2) is 63.4 Å². The van der Waals surface area contributed by atoms with Gasteiger partial charge in [0.05, 0.1) is 21.3 Å². The number of rotatable bonds is 7. The van der Waals surface area contributed by atoms with Gasteiger partial charge in [-0.15, -0.1) is 0 Å². The molecular weight excluding hydrogens is 340 g/mol. The van der Waals surface area contributed by atoms with Crippen molar-refractivity contribution in [3.63, 3.8) is 0 Å². The first-order valence-electron chi connectivity index (χ1n) is 6.23. The predicted molar refractivity (Wildman–Crippen MR) is 93.4 cm³/mol. The van der Waals surface area contributed by atoms with Crippen LogP contribution in [0, 0.1) is 0 Å². The molecule has 0 amide bonds. The molecule has 0 bridgehead atoms. The van der Waals surface area contributed by atoms with E-state index in [-0.39, 0.29) is 0 Å². The summed E-state index contributed by atoms with van der Waals surface area (Å²) in [4.78, 5) is 10.5. The number of hydrogen-bond acceptors (Lipinski definition) is 6. The Bertz CT molecular complexity index is 492. The number of carboxylic acids is 1. The van der Waals surface area contributed by atoms with Gasteiger partial charge in [-0.2, -0.15) is 0 Å². The molecule has 0 unspecified atom stereocenters. The van der Waals surface area contributed by atoms with Gasteiger partial charge in [0, 0.05) is 11.6 Å². The number of benzene rings is 1. The van der Waals surface area contributed by atoms with Crippen LogP contribution in [0.3, 0.4) is 0 Å². The van der Waals surface area contributed by atoms with Gasteiger partial charge in [0.2, 0.25) is 5.75 Å². The Morgan fingerprint density at radius 1 is 1.09 bits per heavy atom. The Morgan fingerprint density at radius 3 is 2.05 bits per heavy atom. The van der Waals surface area contributed by atoms with E-state index in [1.165, 1.54) is 27.4 Å². The lowest BCUT2D eigenvalue weighted by Crippen LogP contribution is -1.97. The predicted octanol–water partition coefficient (Wildman–Crippen LogP) is -1.61. The van der Waals surface area contributed by atoms with E-state index < -0.39 is 16.0 Å². The van der Waals surface area contributed by atoms with Crippen molar-refractivity contribution in [3.8, 4) is 17.2 Å². The van der Waals surface area contributed by atoms with Crippen LogP contribution in [0.2, 0.25) is 0 Å². The topological polar surface area (TPSA) is 83.5 Å². The van der Waals surface area contributed by atoms with Crippen LogP contribution in [0.15, 0.2) is 18.2 Å². The molecule has 0 aliphatic heterocycles. The Morgan fingerprint density at radius 2 is 1.68 bits per heavy atom. The maximum Gasteiger partial charge on any atom is 0.328 e. The van der Waals surface area contributed by atoms with E-state index in [2.05, 4.69) is 0 Å². The van der Waals surface area contributed by atoms with Gasteiger partial charge in [0.15, 0.2) is 11.5 Å². The maximum absolute atomic E-state index is 10.5. The molecule has 0 aliphatic rings. The van der Waals surface area contributed by atoms with Crippen molar-refractivity contribution in [1.29, 1.82) is 0 Å². The molecule has 22 heavy (non-hydrogen) atoms. The van der Waals surface area contributed by atoms with E-state index in [0.717, 1.165) is 27.0 Å². The average molecular weight is 363 g/mol. The molecule has 0 saturated heterocycles. The summed E-state index contributed by atoms with van der Waals surface area (Å²) in [5.74, 6) is 0.366. The first-order valence-corrected chi connectivity index (χ1v) is 9.02. The van der Waals surface area contributed by atoms with Crippen LogP contribution >= 0.6 is 0 Å². The molecule has 7 nitrogen and oxygen atoms in total. The van der Waals surface area contributed by atoms with E-state index in [9.17, 15) is 4.79 Å². The largest absolute Gasteiger partial charge is 0.493 e. The Hall–Kier alpha value is -1.60. The average Bonchev–Trinajstić information content (AvgIpc) is 2.52. The molecule has 0 aliphatic carbocycles. The van der Waals surface area contributed by atoms with Gasteiger partial charge in [0.25, 0.3) is 10.0 Å². The van der Waals surface area contributed by atoms with Crippen molar-refractivity contribution in [2.45, 2.75) is 0 Å². The molecule has 0 aromatic heterocycles. The Labute approximate surface area is 138 Å². The second kappa shape index (κ2) is 12.0. The first kappa shape index (κ1) is 20.4. The molecule has 0 heterocycles. The van der Waals surface area contributed by atoms with Crippen molar-refractivity contribution >= 4 is 43.0 Å². The van der Waals surface area contributed by atoms with Crippen LogP contribution in [0.5, 0.6) is 17.2 Å². The second-order valence-electron chi connectivity index (χ2n) is 3.79. The molecule has 1 aromatic rings. The molecule has 0 saturated carbocycles. The smallest absolute Gasteiger partial charge is 0.328 e. The quantitative estimate of drug-likeness (QED) is 0.461. The minimum absolute atomic E-state index is 0.433. The van der Waals surface area contributed by atoms with E-state index in [0.29, 0.717) is 22.8 Å². The fourth-order valence-corrected chi connectivity index (χ4v) is 4.60. The third-order valence-corrected chi connectivity index (χ3v) is 4.26. The van der Waals surface area contributed by atoms with Crippen molar-refractivity contribution in [2.75, 3.05) is 21.3 Å². The van der Waals surface area contributed by atoms with E-state index in [1.807, 2.05) is 0 Å². The molecule has 0 atom stereocenters. The molecular formula is C12H22O7Si3. The zero-order valence-corrected chi connectivity index (χ0v) is 18.8. The monoisotopic (exact) mass is 362 g/mol. The molecule has 10 heteroatoms. The zero-order chi connectivity index (χ0) is 17.0. The van der Waals surface area contributed by atoms with E-state index in [1.54, 1.807) is 12.1 Å². The molecule has 124 valence electrons. The van der Waals surface area contributed by atoms with Crippen LogP contribution < -0.4 is 14.2 Å². The van der Waals surface area contributed by atoms with Crippen molar-refractivity contribution in [2.24, 2.45) is 0 Å². The summed E-state index contributed by atoms with van der Waals surface area (Å²) in [5, 5.41) is 8.58. The van der Waals surface area contributed by atoms with E-state index in [4.69, 9.17) is 27.5 Å². The number of carboxylic acid groups (broad SMARTS) is 1. The molecule has 1 aromatic carbocycles. The summed E-state index contributed by atoms with van der Waals surface area (Å²) < 4.78 is 25.0. The Balaban J connectivity index is 0.000000763. The summed E-state index contributed by atoms with van der Waals surface area (Å²) in [6.45, 7) is 0. The lowest BCUT2D eigenvalue weighted by Gasteiger charge is -2.13. The highest BCUT2D eigenvalue weighted by molar-refractivity contribution is 6.33. The Kier molecular flexibility index (Phi) is 11.1. The second-order valence-corrected chi connectivity index (χ2v) is 8.64. The SMILES string of the molecule is COc1ccc(/C=C/C(=O)O)c(OC)c1OC.[SiH3]O[SiH2]O[SiH3]. The van der Waals surface area contributed by atoms with Gasteiger partial charge >= 0.3 is 5.97 Å². The van der Waals surface area contributed by atoms with Gasteiger partial charge in [0.1, 0.15) is 21.0 Å². The summed E-state index contributed by atoms with van der Waals surface area (Å²) >= 11 is 0. The van der Waals surface area contributed by atoms with Crippen molar-refractivity contribution in [3.05, 3.63) is 23.8 Å². The molecule has 0 radical (unpaired) electrons. The number of aliphatic carboxylic acids is 1. The normalized spacial score (nSPS) is 10.7. The van der Waals surface area contributed by atoms with Gasteiger partial charge in [-0.3, -0.25) is 0 Å². The standard InChI is InChI=1S/C12H14O5.H8O2Si3/c1-15-9-6-4-8(5-7-10(13)14)11(16-2)12(9)17-3;3-1-5-2-4/h4-7H,1-3H3,(H,13,14);5H2,3-4H3/b7-5+;. The summed E-state index contributed by atoms with van der Waals surface area (Å²) in [6, 6.07) is 3.38. The highest BCUT2D eigenvalue weighted by atomic mass is 28.3. The maximum atomic E-state index is 10.5. The minimum atomic E-state index is -1.03. The third kappa shape index (κ3) is 6.91. The number of methoxy groups -OCH3 is 3.